The number of ether oxygens (including phenoxy) is 1. The lowest BCUT2D eigenvalue weighted by molar-refractivity contribution is 0.307. The molecule has 1 atom stereocenters. The van der Waals surface area contributed by atoms with Gasteiger partial charge in [-0.05, 0) is 31.7 Å². The molecule has 0 fully saturated rings. The van der Waals surface area contributed by atoms with E-state index in [1.807, 2.05) is 43.4 Å². The second-order valence-corrected chi connectivity index (χ2v) is 6.24. The van der Waals surface area contributed by atoms with Crippen LogP contribution < -0.4 is 10.1 Å². The van der Waals surface area contributed by atoms with Gasteiger partial charge in [-0.25, -0.2) is 4.98 Å². The SMILES string of the molecule is CNC(C)c1nc(-c2ccccc2OCc2ccccc2)cs1. The van der Waals surface area contributed by atoms with Crippen LogP contribution in [0.4, 0.5) is 0 Å². The highest BCUT2D eigenvalue weighted by Crippen LogP contribution is 2.32. The van der Waals surface area contributed by atoms with E-state index in [0.717, 1.165) is 27.6 Å². The summed E-state index contributed by atoms with van der Waals surface area (Å²) in [6, 6.07) is 18.5. The van der Waals surface area contributed by atoms with Crippen molar-refractivity contribution < 1.29 is 4.74 Å². The number of nitrogens with zero attached hydrogens (tertiary/aromatic N) is 1. The van der Waals surface area contributed by atoms with Gasteiger partial charge in [-0.1, -0.05) is 42.5 Å². The van der Waals surface area contributed by atoms with Crippen molar-refractivity contribution in [1.29, 1.82) is 0 Å². The van der Waals surface area contributed by atoms with Crippen LogP contribution >= 0.6 is 11.3 Å². The van der Waals surface area contributed by atoms with Gasteiger partial charge < -0.3 is 10.1 Å². The van der Waals surface area contributed by atoms with Crippen molar-refractivity contribution in [2.75, 3.05) is 7.05 Å². The summed E-state index contributed by atoms with van der Waals surface area (Å²) in [4.78, 5) is 4.74. The Labute approximate surface area is 141 Å². The smallest absolute Gasteiger partial charge is 0.129 e. The van der Waals surface area contributed by atoms with E-state index in [4.69, 9.17) is 9.72 Å². The maximum absolute atomic E-state index is 6.02. The molecule has 2 aromatic carbocycles. The highest BCUT2D eigenvalue weighted by atomic mass is 32.1. The molecule has 118 valence electrons. The summed E-state index contributed by atoms with van der Waals surface area (Å²) in [7, 11) is 1.95. The van der Waals surface area contributed by atoms with Gasteiger partial charge in [0.25, 0.3) is 0 Å². The fourth-order valence-electron chi connectivity index (χ4n) is 2.27. The molecule has 3 aromatic rings. The lowest BCUT2D eigenvalue weighted by Gasteiger charge is -2.10. The number of benzene rings is 2. The van der Waals surface area contributed by atoms with Crippen LogP contribution in [0.2, 0.25) is 0 Å². The van der Waals surface area contributed by atoms with E-state index in [1.165, 1.54) is 0 Å². The van der Waals surface area contributed by atoms with Gasteiger partial charge in [-0.15, -0.1) is 11.3 Å². The molecule has 23 heavy (non-hydrogen) atoms. The van der Waals surface area contributed by atoms with Crippen LogP contribution in [0.3, 0.4) is 0 Å². The van der Waals surface area contributed by atoms with Crippen LogP contribution in [-0.4, -0.2) is 12.0 Å². The Morgan fingerprint density at radius 3 is 2.61 bits per heavy atom. The zero-order valence-electron chi connectivity index (χ0n) is 13.3. The molecule has 0 spiro atoms. The molecule has 0 saturated carbocycles. The number of para-hydroxylation sites is 1. The van der Waals surface area contributed by atoms with Gasteiger partial charge in [0.15, 0.2) is 0 Å². The largest absolute Gasteiger partial charge is 0.488 e. The first-order valence-electron chi connectivity index (χ1n) is 7.66. The second kappa shape index (κ2) is 7.40. The molecule has 0 saturated heterocycles. The molecule has 1 aromatic heterocycles. The number of hydrogen-bond donors (Lipinski definition) is 1. The number of aromatic nitrogens is 1. The Balaban J connectivity index is 1.81. The van der Waals surface area contributed by atoms with Gasteiger partial charge in [0, 0.05) is 10.9 Å². The molecule has 0 amide bonds. The van der Waals surface area contributed by atoms with E-state index >= 15 is 0 Å². The fraction of sp³-hybridized carbons (Fsp3) is 0.211. The van der Waals surface area contributed by atoms with Gasteiger partial charge in [-0.2, -0.15) is 0 Å². The average molecular weight is 324 g/mol. The summed E-state index contributed by atoms with van der Waals surface area (Å²) in [5.74, 6) is 0.866. The highest BCUT2D eigenvalue weighted by Gasteiger charge is 2.13. The predicted octanol–water partition coefficient (Wildman–Crippen LogP) is 4.67. The Morgan fingerprint density at radius 1 is 1.09 bits per heavy atom. The van der Waals surface area contributed by atoms with Crippen LogP contribution in [0.25, 0.3) is 11.3 Å². The van der Waals surface area contributed by atoms with Crippen LogP contribution in [0.15, 0.2) is 60.0 Å². The predicted molar refractivity (Wildman–Crippen MR) is 95.8 cm³/mol. The molecule has 0 bridgehead atoms. The first-order valence-corrected chi connectivity index (χ1v) is 8.54. The summed E-state index contributed by atoms with van der Waals surface area (Å²) in [5, 5.41) is 6.40. The molecule has 0 radical (unpaired) electrons. The normalized spacial score (nSPS) is 12.1. The molecular formula is C19H20N2OS. The molecule has 1 heterocycles. The number of nitrogens with one attached hydrogen (secondary N) is 1. The number of thiazole rings is 1. The molecule has 1 unspecified atom stereocenters. The topological polar surface area (TPSA) is 34.2 Å². The summed E-state index contributed by atoms with van der Waals surface area (Å²) in [5.41, 5.74) is 3.16. The summed E-state index contributed by atoms with van der Waals surface area (Å²) < 4.78 is 6.02. The van der Waals surface area contributed by atoms with Gasteiger partial charge in [-0.3, -0.25) is 0 Å². The Morgan fingerprint density at radius 2 is 1.83 bits per heavy atom. The van der Waals surface area contributed by atoms with Crippen molar-refractivity contribution in [3.8, 4) is 17.0 Å². The standard InChI is InChI=1S/C19H20N2OS/c1-14(20-2)19-21-17(13-23-19)16-10-6-7-11-18(16)22-12-15-8-4-3-5-9-15/h3-11,13-14,20H,12H2,1-2H3. The number of hydrogen-bond acceptors (Lipinski definition) is 4. The van der Waals surface area contributed by atoms with Crippen molar-refractivity contribution in [2.45, 2.75) is 19.6 Å². The molecule has 3 rings (SSSR count). The second-order valence-electron chi connectivity index (χ2n) is 5.35. The van der Waals surface area contributed by atoms with Crippen molar-refractivity contribution in [1.82, 2.24) is 10.3 Å². The highest BCUT2D eigenvalue weighted by molar-refractivity contribution is 7.10. The molecule has 0 aliphatic rings. The minimum absolute atomic E-state index is 0.256. The summed E-state index contributed by atoms with van der Waals surface area (Å²) >= 11 is 1.67. The summed E-state index contributed by atoms with van der Waals surface area (Å²) in [6.07, 6.45) is 0. The lowest BCUT2D eigenvalue weighted by Crippen LogP contribution is -2.11. The van der Waals surface area contributed by atoms with E-state index in [9.17, 15) is 0 Å². The zero-order chi connectivity index (χ0) is 16.1. The quantitative estimate of drug-likeness (QED) is 0.715. The molecule has 4 heteroatoms. The first kappa shape index (κ1) is 15.7. The van der Waals surface area contributed by atoms with Gasteiger partial charge >= 0.3 is 0 Å². The van der Waals surface area contributed by atoms with Crippen molar-refractivity contribution in [2.24, 2.45) is 0 Å². The minimum atomic E-state index is 0.256. The van der Waals surface area contributed by atoms with E-state index in [0.29, 0.717) is 6.61 Å². The monoisotopic (exact) mass is 324 g/mol. The maximum Gasteiger partial charge on any atom is 0.129 e. The van der Waals surface area contributed by atoms with E-state index in [1.54, 1.807) is 11.3 Å². The molecule has 0 aliphatic carbocycles. The van der Waals surface area contributed by atoms with Crippen LogP contribution in [-0.2, 0) is 6.61 Å². The van der Waals surface area contributed by atoms with E-state index in [2.05, 4.69) is 35.8 Å². The van der Waals surface area contributed by atoms with Crippen LogP contribution in [0, 0.1) is 0 Å². The molecule has 0 aliphatic heterocycles. The fourth-order valence-corrected chi connectivity index (χ4v) is 3.16. The number of rotatable bonds is 6. The van der Waals surface area contributed by atoms with Gasteiger partial charge in [0.1, 0.15) is 17.4 Å². The maximum atomic E-state index is 6.02. The van der Waals surface area contributed by atoms with Crippen LogP contribution in [0.1, 0.15) is 23.5 Å². The molecular weight excluding hydrogens is 304 g/mol. The Bertz CT molecular complexity index is 755. The third-order valence-corrected chi connectivity index (χ3v) is 4.75. The minimum Gasteiger partial charge on any atom is -0.488 e. The lowest BCUT2D eigenvalue weighted by atomic mass is 10.1. The van der Waals surface area contributed by atoms with Crippen LogP contribution in [0.5, 0.6) is 5.75 Å². The molecule has 3 nitrogen and oxygen atoms in total. The first-order chi connectivity index (χ1) is 11.3. The van der Waals surface area contributed by atoms with Crippen molar-refractivity contribution in [3.05, 3.63) is 70.5 Å². The van der Waals surface area contributed by atoms with Crippen molar-refractivity contribution >= 4 is 11.3 Å². The van der Waals surface area contributed by atoms with E-state index < -0.39 is 0 Å². The zero-order valence-corrected chi connectivity index (χ0v) is 14.1. The van der Waals surface area contributed by atoms with Gasteiger partial charge in [0.05, 0.1) is 11.7 Å². The summed E-state index contributed by atoms with van der Waals surface area (Å²) in [6.45, 7) is 2.67. The van der Waals surface area contributed by atoms with Crippen molar-refractivity contribution in [3.63, 3.8) is 0 Å². The van der Waals surface area contributed by atoms with E-state index in [-0.39, 0.29) is 6.04 Å². The van der Waals surface area contributed by atoms with Gasteiger partial charge in [0.2, 0.25) is 0 Å². The Hall–Kier alpha value is -2.17. The third kappa shape index (κ3) is 3.78. The average Bonchev–Trinajstić information content (AvgIpc) is 3.10. The molecule has 1 N–H and O–H groups in total. The Kier molecular flexibility index (Phi) is 5.05. The third-order valence-electron chi connectivity index (χ3n) is 3.73.